The fraction of sp³-hybridized carbons (Fsp3) is 0.435. The molecule has 0 atom stereocenters. The first-order chi connectivity index (χ1) is 14.5. The Morgan fingerprint density at radius 3 is 2.10 bits per heavy atom. The van der Waals surface area contributed by atoms with Gasteiger partial charge in [0.25, 0.3) is 0 Å². The molecule has 2 rings (SSSR count). The number of aryl methyl sites for hydroxylation is 1. The average Bonchev–Trinajstić information content (AvgIpc) is 2.70. The van der Waals surface area contributed by atoms with Crippen LogP contribution in [-0.2, 0) is 27.7 Å². The lowest BCUT2D eigenvalue weighted by molar-refractivity contribution is -0.121. The maximum Gasteiger partial charge on any atom is 0.241 e. The van der Waals surface area contributed by atoms with E-state index in [1.807, 2.05) is 18.2 Å². The molecule has 1 amide bonds. The van der Waals surface area contributed by atoms with Crippen LogP contribution in [0.5, 0.6) is 11.5 Å². The summed E-state index contributed by atoms with van der Waals surface area (Å²) < 4.78 is 37.8. The number of nitrogens with one attached hydrogen (secondary N) is 2. The van der Waals surface area contributed by atoms with Crippen LogP contribution in [0.1, 0.15) is 38.3 Å². The van der Waals surface area contributed by atoms with E-state index >= 15 is 0 Å². The van der Waals surface area contributed by atoms with Gasteiger partial charge in [-0.25, -0.2) is 13.1 Å². The fourth-order valence-electron chi connectivity index (χ4n) is 3.03. The topological polar surface area (TPSA) is 93.7 Å². The summed E-state index contributed by atoms with van der Waals surface area (Å²) >= 11 is 0. The average molecular weight is 449 g/mol. The van der Waals surface area contributed by atoms with Crippen LogP contribution in [0.15, 0.2) is 47.4 Å². The minimum atomic E-state index is -3.56. The largest absolute Gasteiger partial charge is 0.493 e. The van der Waals surface area contributed by atoms with Crippen LogP contribution in [0.2, 0.25) is 0 Å². The van der Waals surface area contributed by atoms with Gasteiger partial charge in [0, 0.05) is 18.5 Å². The van der Waals surface area contributed by atoms with Crippen LogP contribution in [-0.4, -0.2) is 40.6 Å². The summed E-state index contributed by atoms with van der Waals surface area (Å²) in [5.41, 5.74) is 1.40. The second kappa shape index (κ2) is 10.6. The van der Waals surface area contributed by atoms with Gasteiger partial charge < -0.3 is 14.8 Å². The highest BCUT2D eigenvalue weighted by atomic mass is 32.2. The van der Waals surface area contributed by atoms with Crippen LogP contribution < -0.4 is 19.5 Å². The zero-order valence-corrected chi connectivity index (χ0v) is 19.6. The van der Waals surface area contributed by atoms with Gasteiger partial charge >= 0.3 is 0 Å². The number of hydrogen-bond donors (Lipinski definition) is 2. The van der Waals surface area contributed by atoms with E-state index in [2.05, 4.69) is 10.0 Å². The van der Waals surface area contributed by atoms with E-state index in [1.165, 1.54) is 0 Å². The quantitative estimate of drug-likeness (QED) is 0.583. The van der Waals surface area contributed by atoms with E-state index in [1.54, 1.807) is 59.3 Å². The number of carbonyl (C=O) groups excluding carboxylic acids is 1. The van der Waals surface area contributed by atoms with Crippen molar-refractivity contribution in [1.82, 2.24) is 10.0 Å². The van der Waals surface area contributed by atoms with Crippen LogP contribution in [0.4, 0.5) is 0 Å². The molecule has 0 aromatic heterocycles. The molecule has 170 valence electrons. The Hall–Kier alpha value is -2.58. The van der Waals surface area contributed by atoms with Crippen molar-refractivity contribution in [2.24, 2.45) is 0 Å². The van der Waals surface area contributed by atoms with Crippen molar-refractivity contribution in [1.29, 1.82) is 0 Å². The fourth-order valence-corrected chi connectivity index (χ4v) is 4.44. The van der Waals surface area contributed by atoms with Crippen molar-refractivity contribution in [2.75, 3.05) is 20.8 Å². The van der Waals surface area contributed by atoms with Crippen molar-refractivity contribution in [3.8, 4) is 11.5 Å². The predicted octanol–water partition coefficient (Wildman–Crippen LogP) is 3.07. The van der Waals surface area contributed by atoms with E-state index in [-0.39, 0.29) is 10.8 Å². The van der Waals surface area contributed by atoms with Crippen LogP contribution in [0.25, 0.3) is 0 Å². The van der Waals surface area contributed by atoms with Gasteiger partial charge in [0.15, 0.2) is 11.5 Å². The molecule has 2 aromatic rings. The van der Waals surface area contributed by atoms with E-state index in [4.69, 9.17) is 9.47 Å². The predicted molar refractivity (Wildman–Crippen MR) is 121 cm³/mol. The van der Waals surface area contributed by atoms with Crippen molar-refractivity contribution in [3.63, 3.8) is 0 Å². The normalized spacial score (nSPS) is 11.8. The van der Waals surface area contributed by atoms with Gasteiger partial charge in [0.1, 0.15) is 0 Å². The van der Waals surface area contributed by atoms with Crippen molar-refractivity contribution in [2.45, 2.75) is 50.5 Å². The highest BCUT2D eigenvalue weighted by Gasteiger charge is 2.21. The number of carbonyl (C=O) groups is 1. The number of sulfonamides is 1. The summed E-state index contributed by atoms with van der Waals surface area (Å²) in [6.45, 7) is 5.90. The second-order valence-electron chi connectivity index (χ2n) is 8.29. The van der Waals surface area contributed by atoms with Gasteiger partial charge in [-0.1, -0.05) is 18.2 Å². The molecule has 7 nitrogen and oxygen atoms in total. The Balaban J connectivity index is 1.81. The lowest BCUT2D eigenvalue weighted by Crippen LogP contribution is -2.40. The summed E-state index contributed by atoms with van der Waals surface area (Å²) in [6, 6.07) is 12.3. The molecule has 0 bridgehead atoms. The molecular weight excluding hydrogens is 416 g/mol. The summed E-state index contributed by atoms with van der Waals surface area (Å²) in [5, 5.41) is 2.91. The van der Waals surface area contributed by atoms with Crippen LogP contribution >= 0.6 is 0 Å². The molecule has 0 radical (unpaired) electrons. The van der Waals surface area contributed by atoms with E-state index < -0.39 is 15.6 Å². The zero-order chi connectivity index (χ0) is 23.1. The summed E-state index contributed by atoms with van der Waals surface area (Å²) in [6.07, 6.45) is 1.55. The first-order valence-corrected chi connectivity index (χ1v) is 11.6. The van der Waals surface area contributed by atoms with Crippen molar-refractivity contribution < 1.29 is 22.7 Å². The minimum Gasteiger partial charge on any atom is -0.493 e. The minimum absolute atomic E-state index is 0.0495. The smallest absolute Gasteiger partial charge is 0.241 e. The molecule has 0 aliphatic carbocycles. The van der Waals surface area contributed by atoms with Gasteiger partial charge in [-0.05, 0) is 69.0 Å². The van der Waals surface area contributed by atoms with Gasteiger partial charge in [-0.3, -0.25) is 4.79 Å². The van der Waals surface area contributed by atoms with E-state index in [9.17, 15) is 13.2 Å². The molecule has 0 spiro atoms. The maximum atomic E-state index is 12.3. The summed E-state index contributed by atoms with van der Waals surface area (Å²) in [4.78, 5) is 12.4. The molecule has 8 heteroatoms. The summed E-state index contributed by atoms with van der Waals surface area (Å²) in [5.74, 6) is 1.28. The Bertz CT molecular complexity index is 980. The molecule has 0 unspecified atom stereocenters. The van der Waals surface area contributed by atoms with Gasteiger partial charge in [0.2, 0.25) is 15.9 Å². The van der Waals surface area contributed by atoms with Crippen molar-refractivity contribution >= 4 is 15.9 Å². The molecule has 0 saturated carbocycles. The Kier molecular flexibility index (Phi) is 8.47. The highest BCUT2D eigenvalue weighted by Crippen LogP contribution is 2.27. The Morgan fingerprint density at radius 1 is 0.903 bits per heavy atom. The zero-order valence-electron chi connectivity index (χ0n) is 18.8. The number of methoxy groups -OCH3 is 2. The Morgan fingerprint density at radius 2 is 1.52 bits per heavy atom. The molecule has 0 heterocycles. The third-order valence-corrected chi connectivity index (χ3v) is 6.27. The molecule has 0 fully saturated rings. The monoisotopic (exact) mass is 448 g/mol. The van der Waals surface area contributed by atoms with Crippen LogP contribution in [0, 0.1) is 0 Å². The molecule has 31 heavy (non-hydrogen) atoms. The standard InChI is InChI=1S/C23H32N2O5S/c1-23(2,3)25-31(27,28)19-10-6-17(7-11-19)9-13-22(26)24-15-14-18-8-12-20(29-4)21(16-18)30-5/h6-8,10-12,16,25H,9,13-15H2,1-5H3,(H,24,26). The lowest BCUT2D eigenvalue weighted by atomic mass is 10.1. The molecule has 2 aromatic carbocycles. The third kappa shape index (κ3) is 7.88. The van der Waals surface area contributed by atoms with Gasteiger partial charge in [-0.15, -0.1) is 0 Å². The number of hydrogen-bond acceptors (Lipinski definition) is 5. The summed E-state index contributed by atoms with van der Waals surface area (Å²) in [7, 11) is -0.380. The highest BCUT2D eigenvalue weighted by molar-refractivity contribution is 7.89. The molecule has 0 saturated heterocycles. The molecule has 0 aliphatic rings. The first-order valence-electron chi connectivity index (χ1n) is 10.1. The molecular formula is C23H32N2O5S. The first kappa shape index (κ1) is 24.7. The van der Waals surface area contributed by atoms with E-state index in [0.717, 1.165) is 11.1 Å². The number of amides is 1. The maximum absolute atomic E-state index is 12.3. The van der Waals surface area contributed by atoms with Crippen molar-refractivity contribution in [3.05, 3.63) is 53.6 Å². The number of benzene rings is 2. The second-order valence-corrected chi connectivity index (χ2v) is 9.97. The SMILES string of the molecule is COc1ccc(CCNC(=O)CCc2ccc(S(=O)(=O)NC(C)(C)C)cc2)cc1OC. The third-order valence-electron chi connectivity index (χ3n) is 4.50. The lowest BCUT2D eigenvalue weighted by Gasteiger charge is -2.20. The van der Waals surface area contributed by atoms with Crippen LogP contribution in [0.3, 0.4) is 0 Å². The molecule has 0 aliphatic heterocycles. The number of rotatable bonds is 10. The molecule has 2 N–H and O–H groups in total. The van der Waals surface area contributed by atoms with E-state index in [0.29, 0.717) is 37.3 Å². The Labute approximate surface area is 185 Å². The van der Waals surface area contributed by atoms with Gasteiger partial charge in [0.05, 0.1) is 19.1 Å². The van der Waals surface area contributed by atoms with Gasteiger partial charge in [-0.2, -0.15) is 0 Å². The number of ether oxygens (including phenoxy) is 2.